The third-order valence-electron chi connectivity index (χ3n) is 9.99. The molecule has 3 aliphatic rings. The number of fused-ring (bicyclic) bond motifs is 2. The fourth-order valence-electron chi connectivity index (χ4n) is 7.18. The Hall–Kier alpha value is -5.20. The van der Waals surface area contributed by atoms with E-state index in [-0.39, 0.29) is 11.6 Å². The van der Waals surface area contributed by atoms with Gasteiger partial charge in [0, 0.05) is 55.8 Å². The van der Waals surface area contributed by atoms with E-state index in [2.05, 4.69) is 32.3 Å². The third kappa shape index (κ3) is 5.88. The Labute approximate surface area is 293 Å². The van der Waals surface area contributed by atoms with E-state index in [4.69, 9.17) is 21.3 Å². The number of amides is 2. The van der Waals surface area contributed by atoms with Crippen LogP contribution in [0.5, 0.6) is 5.88 Å². The van der Waals surface area contributed by atoms with Crippen LogP contribution in [0.25, 0.3) is 33.3 Å². The van der Waals surface area contributed by atoms with Crippen molar-refractivity contribution in [2.45, 2.75) is 38.1 Å². The van der Waals surface area contributed by atoms with Gasteiger partial charge in [0.1, 0.15) is 11.2 Å². The number of aromatic nitrogens is 4. The second-order valence-corrected chi connectivity index (χ2v) is 13.4. The van der Waals surface area contributed by atoms with Crippen molar-refractivity contribution >= 4 is 40.0 Å². The Morgan fingerprint density at radius 3 is 2.50 bits per heavy atom. The molecule has 1 aliphatic carbocycles. The van der Waals surface area contributed by atoms with Gasteiger partial charge in [-0.3, -0.25) is 13.9 Å². The number of carbonyl (C=O) groups is 1. The summed E-state index contributed by atoms with van der Waals surface area (Å²) in [5, 5.41) is 13.2. The van der Waals surface area contributed by atoms with Crippen molar-refractivity contribution in [2.24, 2.45) is 14.1 Å². The number of carbonyl (C=O) groups excluding carboxylic acids is 1. The first-order valence-electron chi connectivity index (χ1n) is 16.6. The van der Waals surface area contributed by atoms with Gasteiger partial charge in [-0.1, -0.05) is 41.9 Å². The van der Waals surface area contributed by atoms with Gasteiger partial charge in [0.2, 0.25) is 5.88 Å². The quantitative estimate of drug-likeness (QED) is 0.209. The normalized spacial score (nSPS) is 17.7. The van der Waals surface area contributed by atoms with E-state index in [1.54, 1.807) is 26.4 Å². The lowest BCUT2D eigenvalue weighted by molar-refractivity contribution is 0.245. The summed E-state index contributed by atoms with van der Waals surface area (Å²) in [6, 6.07) is 15.6. The molecule has 12 nitrogen and oxygen atoms in total. The smallest absolute Gasteiger partial charge is 0.330 e. The molecular weight excluding hydrogens is 656 g/mol. The highest BCUT2D eigenvalue weighted by molar-refractivity contribution is 6.36. The van der Waals surface area contributed by atoms with Crippen molar-refractivity contribution in [2.75, 3.05) is 32.1 Å². The molecule has 2 aromatic carbocycles. The molecule has 1 atom stereocenters. The van der Waals surface area contributed by atoms with Crippen LogP contribution in [0.2, 0.25) is 5.02 Å². The standard InChI is InChI=1S/C31H28ClN5O3.C6H11N3O/c1-17-19(21-11-6-12-22(27(21)32)24-16-18-8-5-10-20(18)29(35-24)40-4)9-7-13-23(17)34-28-26-25(14-15-33-28)36(2)31(39)37(3)30(26)38;10-5-8-4-6(9-5)1-2-7-3-6/h6-7,9,11-16H,5,8,10H2,1-4H3,(H,33,34);7H,1-4H2,(H2,8,9,10). The number of ether oxygens (including phenoxy) is 1. The van der Waals surface area contributed by atoms with E-state index in [9.17, 15) is 14.4 Å². The summed E-state index contributed by atoms with van der Waals surface area (Å²) >= 11 is 7.07. The number of pyridine rings is 2. The molecule has 2 aliphatic heterocycles. The lowest BCUT2D eigenvalue weighted by Crippen LogP contribution is -2.45. The number of nitrogens with zero attached hydrogens (tertiary/aromatic N) is 4. The minimum atomic E-state index is -0.407. The first-order chi connectivity index (χ1) is 24.1. The Kier molecular flexibility index (Phi) is 8.83. The number of benzene rings is 2. The monoisotopic (exact) mass is 694 g/mol. The maximum atomic E-state index is 13.1. The second-order valence-electron chi connectivity index (χ2n) is 13.1. The van der Waals surface area contributed by atoms with Crippen LogP contribution >= 0.6 is 11.6 Å². The van der Waals surface area contributed by atoms with Crippen LogP contribution < -0.4 is 37.3 Å². The molecule has 13 heteroatoms. The molecule has 2 saturated heterocycles. The van der Waals surface area contributed by atoms with Crippen LogP contribution in [0.3, 0.4) is 0 Å². The molecule has 4 N–H and O–H groups in total. The minimum Gasteiger partial charge on any atom is -0.481 e. The predicted octanol–water partition coefficient (Wildman–Crippen LogP) is 4.60. The van der Waals surface area contributed by atoms with Crippen molar-refractivity contribution in [3.05, 3.63) is 97.3 Å². The van der Waals surface area contributed by atoms with Gasteiger partial charge in [0.05, 0.1) is 28.9 Å². The van der Waals surface area contributed by atoms with Crippen molar-refractivity contribution in [3.8, 4) is 28.3 Å². The Balaban J connectivity index is 0.000000334. The number of hydrogen-bond donors (Lipinski definition) is 4. The number of anilines is 2. The van der Waals surface area contributed by atoms with E-state index < -0.39 is 11.2 Å². The molecule has 2 fully saturated rings. The largest absolute Gasteiger partial charge is 0.481 e. The zero-order valence-corrected chi connectivity index (χ0v) is 29.2. The number of rotatable bonds is 5. The summed E-state index contributed by atoms with van der Waals surface area (Å²) in [6.45, 7) is 4.70. The highest BCUT2D eigenvalue weighted by Gasteiger charge is 2.39. The lowest BCUT2D eigenvalue weighted by Gasteiger charge is -2.18. The van der Waals surface area contributed by atoms with Gasteiger partial charge in [0.15, 0.2) is 0 Å². The SMILES string of the molecule is COc1nc(-c2cccc(-c3cccc(Nc4nccc5c4c(=O)n(C)c(=O)n5C)c3C)c2Cl)cc2c1CCC2.O=C1NCC2(CCNC2)N1. The summed E-state index contributed by atoms with van der Waals surface area (Å²) in [5.41, 5.74) is 7.33. The zero-order chi connectivity index (χ0) is 35.2. The summed E-state index contributed by atoms with van der Waals surface area (Å²) in [5.74, 6) is 1.04. The maximum absolute atomic E-state index is 13.1. The summed E-state index contributed by atoms with van der Waals surface area (Å²) in [6.07, 6.45) is 5.71. The molecule has 0 saturated carbocycles. The molecular formula is C37H39ClN8O4. The maximum Gasteiger partial charge on any atom is 0.330 e. The van der Waals surface area contributed by atoms with Gasteiger partial charge in [-0.05, 0) is 74.0 Å². The van der Waals surface area contributed by atoms with Gasteiger partial charge >= 0.3 is 11.7 Å². The predicted molar refractivity (Wildman–Crippen MR) is 196 cm³/mol. The van der Waals surface area contributed by atoms with Crippen molar-refractivity contribution < 1.29 is 9.53 Å². The highest BCUT2D eigenvalue weighted by atomic mass is 35.5. The highest BCUT2D eigenvalue weighted by Crippen LogP contribution is 2.41. The third-order valence-corrected chi connectivity index (χ3v) is 10.4. The Morgan fingerprint density at radius 1 is 0.980 bits per heavy atom. The van der Waals surface area contributed by atoms with Gasteiger partial charge < -0.3 is 26.0 Å². The fraction of sp³-hybridized carbons (Fsp3) is 0.324. The van der Waals surface area contributed by atoms with E-state index in [0.717, 1.165) is 83.5 Å². The van der Waals surface area contributed by atoms with E-state index in [1.165, 1.54) is 22.7 Å². The molecule has 5 aromatic rings. The van der Waals surface area contributed by atoms with E-state index in [0.29, 0.717) is 27.6 Å². The zero-order valence-electron chi connectivity index (χ0n) is 28.4. The number of methoxy groups -OCH3 is 1. The van der Waals surface area contributed by atoms with Crippen molar-refractivity contribution in [1.29, 1.82) is 0 Å². The van der Waals surface area contributed by atoms with Gasteiger partial charge in [-0.15, -0.1) is 0 Å². The Bertz CT molecular complexity index is 2280. The molecule has 5 heterocycles. The fourth-order valence-corrected chi connectivity index (χ4v) is 7.50. The number of nitrogens with one attached hydrogen (secondary N) is 4. The van der Waals surface area contributed by atoms with Crippen LogP contribution in [-0.4, -0.2) is 57.4 Å². The minimum absolute atomic E-state index is 0.0244. The first kappa shape index (κ1) is 33.3. The molecule has 258 valence electrons. The molecule has 0 radical (unpaired) electrons. The summed E-state index contributed by atoms with van der Waals surface area (Å²) in [4.78, 5) is 45.5. The van der Waals surface area contributed by atoms with Gasteiger partial charge in [-0.2, -0.15) is 0 Å². The summed E-state index contributed by atoms with van der Waals surface area (Å²) in [7, 11) is 4.76. The number of urea groups is 1. The number of aryl methyl sites for hydroxylation is 2. The van der Waals surface area contributed by atoms with Crippen LogP contribution in [0.4, 0.5) is 16.3 Å². The molecule has 1 unspecified atom stereocenters. The molecule has 0 bridgehead atoms. The van der Waals surface area contributed by atoms with E-state index in [1.807, 2.05) is 43.3 Å². The van der Waals surface area contributed by atoms with Crippen molar-refractivity contribution in [3.63, 3.8) is 0 Å². The average molecular weight is 695 g/mol. The van der Waals surface area contributed by atoms with E-state index >= 15 is 0 Å². The number of halogens is 1. The molecule has 1 spiro atoms. The lowest BCUT2D eigenvalue weighted by atomic mass is 9.96. The van der Waals surface area contributed by atoms with Gasteiger partial charge in [0.25, 0.3) is 5.56 Å². The Morgan fingerprint density at radius 2 is 1.76 bits per heavy atom. The van der Waals surface area contributed by atoms with Crippen LogP contribution in [0.15, 0.2) is 64.3 Å². The van der Waals surface area contributed by atoms with Crippen LogP contribution in [0, 0.1) is 6.92 Å². The molecule has 3 aromatic heterocycles. The first-order valence-corrected chi connectivity index (χ1v) is 17.0. The molecule has 2 amide bonds. The number of hydrogen-bond acceptors (Lipinski definition) is 8. The molecule has 8 rings (SSSR count). The topological polar surface area (TPSA) is 144 Å². The van der Waals surface area contributed by atoms with Crippen LogP contribution in [0.1, 0.15) is 29.5 Å². The molecule has 50 heavy (non-hydrogen) atoms. The average Bonchev–Trinajstić information content (AvgIpc) is 3.89. The second kappa shape index (κ2) is 13.3. The van der Waals surface area contributed by atoms with Crippen LogP contribution in [-0.2, 0) is 26.9 Å². The van der Waals surface area contributed by atoms with Gasteiger partial charge in [-0.25, -0.2) is 19.6 Å². The summed E-state index contributed by atoms with van der Waals surface area (Å²) < 4.78 is 8.15. The van der Waals surface area contributed by atoms with Crippen molar-refractivity contribution in [1.82, 2.24) is 35.1 Å².